The second-order valence-electron chi connectivity index (χ2n) is 6.40. The number of ether oxygens (including phenoxy) is 1. The first-order chi connectivity index (χ1) is 13.0. The molecule has 0 atom stereocenters. The standard InChI is InChI=1S/C22H23BrN2O2/c1-3-27-22(26)13-10-19-9-12-21(16-4-6-17(23)7-5-16)25(19)20-11-8-18(24)14-15(20)2/h4-9,11-12,14H,3,10,13,24H2,1-2H3. The summed E-state index contributed by atoms with van der Waals surface area (Å²) in [5, 5.41) is 0. The molecule has 27 heavy (non-hydrogen) atoms. The van der Waals surface area contributed by atoms with Gasteiger partial charge in [0.15, 0.2) is 0 Å². The van der Waals surface area contributed by atoms with E-state index in [9.17, 15) is 4.79 Å². The Kier molecular flexibility index (Phi) is 6.01. The van der Waals surface area contributed by atoms with Crippen molar-refractivity contribution in [2.24, 2.45) is 0 Å². The van der Waals surface area contributed by atoms with Crippen molar-refractivity contribution in [3.05, 3.63) is 70.3 Å². The number of nitrogens with two attached hydrogens (primary N) is 1. The zero-order valence-electron chi connectivity index (χ0n) is 15.5. The Labute approximate surface area is 168 Å². The fourth-order valence-corrected chi connectivity index (χ4v) is 3.46. The van der Waals surface area contributed by atoms with Crippen LogP contribution in [0.25, 0.3) is 16.9 Å². The van der Waals surface area contributed by atoms with Crippen LogP contribution in [0.1, 0.15) is 24.6 Å². The number of aromatic nitrogens is 1. The van der Waals surface area contributed by atoms with Crippen LogP contribution in [-0.2, 0) is 16.0 Å². The zero-order valence-corrected chi connectivity index (χ0v) is 17.1. The van der Waals surface area contributed by atoms with Crippen LogP contribution in [0.5, 0.6) is 0 Å². The number of hydrogen-bond donors (Lipinski definition) is 1. The maximum absolute atomic E-state index is 11.8. The maximum atomic E-state index is 11.8. The third-order valence-corrected chi connectivity index (χ3v) is 4.98. The molecular weight excluding hydrogens is 404 g/mol. The summed E-state index contributed by atoms with van der Waals surface area (Å²) >= 11 is 3.49. The zero-order chi connectivity index (χ0) is 19.4. The van der Waals surface area contributed by atoms with E-state index in [1.807, 2.05) is 44.2 Å². The number of esters is 1. The van der Waals surface area contributed by atoms with Gasteiger partial charge in [-0.25, -0.2) is 0 Å². The molecule has 2 N–H and O–H groups in total. The minimum atomic E-state index is -0.176. The topological polar surface area (TPSA) is 57.2 Å². The quantitative estimate of drug-likeness (QED) is 0.430. The fraction of sp³-hybridized carbons (Fsp3) is 0.227. The summed E-state index contributed by atoms with van der Waals surface area (Å²) in [7, 11) is 0. The van der Waals surface area contributed by atoms with Gasteiger partial charge in [-0.1, -0.05) is 28.1 Å². The van der Waals surface area contributed by atoms with Gasteiger partial charge in [0, 0.05) is 21.5 Å². The third kappa shape index (κ3) is 4.42. The van der Waals surface area contributed by atoms with Crippen LogP contribution in [0.4, 0.5) is 5.69 Å². The second-order valence-corrected chi connectivity index (χ2v) is 7.32. The Morgan fingerprint density at radius 2 is 1.85 bits per heavy atom. The lowest BCUT2D eigenvalue weighted by Gasteiger charge is -2.17. The van der Waals surface area contributed by atoms with Gasteiger partial charge < -0.3 is 15.0 Å². The molecule has 5 heteroatoms. The van der Waals surface area contributed by atoms with Crippen LogP contribution < -0.4 is 5.73 Å². The predicted octanol–water partition coefficient (Wildman–Crippen LogP) is 5.29. The lowest BCUT2D eigenvalue weighted by atomic mass is 10.1. The number of benzene rings is 2. The lowest BCUT2D eigenvalue weighted by Crippen LogP contribution is -2.09. The van der Waals surface area contributed by atoms with E-state index in [0.29, 0.717) is 19.4 Å². The summed E-state index contributed by atoms with van der Waals surface area (Å²) in [4.78, 5) is 11.8. The molecule has 4 nitrogen and oxygen atoms in total. The van der Waals surface area contributed by atoms with Crippen molar-refractivity contribution in [1.82, 2.24) is 4.57 Å². The Bertz CT molecular complexity index is 945. The Balaban J connectivity index is 2.06. The Hall–Kier alpha value is -2.53. The van der Waals surface area contributed by atoms with E-state index in [0.717, 1.165) is 38.4 Å². The van der Waals surface area contributed by atoms with E-state index >= 15 is 0 Å². The number of rotatable bonds is 6. The second kappa shape index (κ2) is 8.44. The molecule has 0 aliphatic heterocycles. The van der Waals surface area contributed by atoms with Gasteiger partial charge in [0.05, 0.1) is 18.7 Å². The van der Waals surface area contributed by atoms with Crippen molar-refractivity contribution >= 4 is 27.6 Å². The molecule has 0 aliphatic rings. The molecule has 2 aromatic carbocycles. The molecule has 0 bridgehead atoms. The summed E-state index contributed by atoms with van der Waals surface area (Å²) in [6.07, 6.45) is 0.963. The molecule has 0 unspecified atom stereocenters. The van der Waals surface area contributed by atoms with Gasteiger partial charge >= 0.3 is 5.97 Å². The van der Waals surface area contributed by atoms with Crippen molar-refractivity contribution in [2.75, 3.05) is 12.3 Å². The van der Waals surface area contributed by atoms with Crippen molar-refractivity contribution in [2.45, 2.75) is 26.7 Å². The first kappa shape index (κ1) is 19.2. The van der Waals surface area contributed by atoms with Gasteiger partial charge in [0.2, 0.25) is 0 Å². The third-order valence-electron chi connectivity index (χ3n) is 4.45. The van der Waals surface area contributed by atoms with Gasteiger partial charge in [0.25, 0.3) is 0 Å². The monoisotopic (exact) mass is 426 g/mol. The Morgan fingerprint density at radius 1 is 1.11 bits per heavy atom. The minimum Gasteiger partial charge on any atom is -0.466 e. The molecule has 0 aliphatic carbocycles. The number of carbonyl (C=O) groups excluding carboxylic acids is 1. The molecule has 0 spiro atoms. The summed E-state index contributed by atoms with van der Waals surface area (Å²) in [6.45, 7) is 4.28. The SMILES string of the molecule is CCOC(=O)CCc1ccc(-c2ccc(Br)cc2)n1-c1ccc(N)cc1C. The molecule has 140 valence electrons. The van der Waals surface area contributed by atoms with E-state index in [2.05, 4.69) is 44.8 Å². The van der Waals surface area contributed by atoms with E-state index in [1.165, 1.54) is 0 Å². The lowest BCUT2D eigenvalue weighted by molar-refractivity contribution is -0.143. The van der Waals surface area contributed by atoms with Gasteiger partial charge in [-0.05, 0) is 73.9 Å². The van der Waals surface area contributed by atoms with Crippen molar-refractivity contribution in [3.63, 3.8) is 0 Å². The molecule has 0 saturated carbocycles. The minimum absolute atomic E-state index is 0.176. The highest BCUT2D eigenvalue weighted by molar-refractivity contribution is 9.10. The number of nitrogens with zero attached hydrogens (tertiary/aromatic N) is 1. The molecule has 0 fully saturated rings. The van der Waals surface area contributed by atoms with Crippen LogP contribution in [0.15, 0.2) is 59.1 Å². The molecule has 0 radical (unpaired) electrons. The average Bonchev–Trinajstić information content (AvgIpc) is 3.04. The van der Waals surface area contributed by atoms with Gasteiger partial charge in [-0.2, -0.15) is 0 Å². The first-order valence-corrected chi connectivity index (χ1v) is 9.77. The highest BCUT2D eigenvalue weighted by Crippen LogP contribution is 2.30. The van der Waals surface area contributed by atoms with Crippen LogP contribution >= 0.6 is 15.9 Å². The first-order valence-electron chi connectivity index (χ1n) is 8.98. The number of aryl methyl sites for hydroxylation is 2. The number of hydrogen-bond acceptors (Lipinski definition) is 3. The summed E-state index contributed by atoms with van der Waals surface area (Å²) in [5.74, 6) is -0.176. The number of halogens is 1. The molecule has 3 rings (SSSR count). The van der Waals surface area contributed by atoms with Crippen molar-refractivity contribution in [1.29, 1.82) is 0 Å². The van der Waals surface area contributed by atoms with Crippen LogP contribution in [0.3, 0.4) is 0 Å². The number of anilines is 1. The van der Waals surface area contributed by atoms with Gasteiger partial charge in [0.1, 0.15) is 0 Å². The van der Waals surface area contributed by atoms with E-state index in [-0.39, 0.29) is 5.97 Å². The summed E-state index contributed by atoms with van der Waals surface area (Å²) < 4.78 is 8.33. The van der Waals surface area contributed by atoms with Gasteiger partial charge in [-0.15, -0.1) is 0 Å². The molecular formula is C22H23BrN2O2. The fourth-order valence-electron chi connectivity index (χ4n) is 3.20. The predicted molar refractivity (Wildman–Crippen MR) is 113 cm³/mol. The van der Waals surface area contributed by atoms with Crippen LogP contribution in [0, 0.1) is 6.92 Å². The van der Waals surface area contributed by atoms with Crippen molar-refractivity contribution in [3.8, 4) is 16.9 Å². The molecule has 1 aromatic heterocycles. The Morgan fingerprint density at radius 3 is 2.52 bits per heavy atom. The maximum Gasteiger partial charge on any atom is 0.306 e. The highest BCUT2D eigenvalue weighted by atomic mass is 79.9. The summed E-state index contributed by atoms with van der Waals surface area (Å²) in [5.41, 5.74) is 12.1. The number of nitrogen functional groups attached to an aromatic ring is 1. The molecule has 0 saturated heterocycles. The molecule has 1 heterocycles. The molecule has 0 amide bonds. The smallest absolute Gasteiger partial charge is 0.306 e. The van der Waals surface area contributed by atoms with Gasteiger partial charge in [-0.3, -0.25) is 4.79 Å². The normalized spacial score (nSPS) is 10.8. The molecule has 3 aromatic rings. The number of carbonyl (C=O) groups is 1. The van der Waals surface area contributed by atoms with Crippen LogP contribution in [0.2, 0.25) is 0 Å². The van der Waals surface area contributed by atoms with E-state index in [1.54, 1.807) is 0 Å². The highest BCUT2D eigenvalue weighted by Gasteiger charge is 2.15. The van der Waals surface area contributed by atoms with E-state index in [4.69, 9.17) is 10.5 Å². The van der Waals surface area contributed by atoms with Crippen molar-refractivity contribution < 1.29 is 9.53 Å². The largest absolute Gasteiger partial charge is 0.466 e. The summed E-state index contributed by atoms with van der Waals surface area (Å²) in [6, 6.07) is 18.3. The van der Waals surface area contributed by atoms with E-state index < -0.39 is 0 Å². The average molecular weight is 427 g/mol. The van der Waals surface area contributed by atoms with Crippen LogP contribution in [-0.4, -0.2) is 17.1 Å².